The van der Waals surface area contributed by atoms with E-state index >= 15 is 0 Å². The SMILES string of the molecule is CCCCC(CC)COc1cc(OC)ccc1C#N. The molecule has 1 aromatic carbocycles. The van der Waals surface area contributed by atoms with Gasteiger partial charge in [-0.3, -0.25) is 0 Å². The van der Waals surface area contributed by atoms with E-state index in [9.17, 15) is 0 Å². The van der Waals surface area contributed by atoms with Gasteiger partial charge in [0.1, 0.15) is 17.6 Å². The first kappa shape index (κ1) is 15.4. The predicted octanol–water partition coefficient (Wildman–Crippen LogP) is 4.16. The molecule has 0 aromatic heterocycles. The Bertz CT molecular complexity index is 423. The molecule has 1 atom stereocenters. The van der Waals surface area contributed by atoms with E-state index in [1.165, 1.54) is 19.3 Å². The second-order valence-corrected chi connectivity index (χ2v) is 4.70. The van der Waals surface area contributed by atoms with Crippen molar-refractivity contribution < 1.29 is 9.47 Å². The normalized spacial score (nSPS) is 11.7. The summed E-state index contributed by atoms with van der Waals surface area (Å²) in [6.07, 6.45) is 4.72. The Hall–Kier alpha value is -1.69. The summed E-state index contributed by atoms with van der Waals surface area (Å²) < 4.78 is 11.0. The quantitative estimate of drug-likeness (QED) is 0.705. The minimum absolute atomic E-state index is 0.553. The zero-order valence-corrected chi connectivity index (χ0v) is 12.1. The highest BCUT2D eigenvalue weighted by Gasteiger charge is 2.10. The van der Waals surface area contributed by atoms with Gasteiger partial charge < -0.3 is 9.47 Å². The van der Waals surface area contributed by atoms with Crippen molar-refractivity contribution in [2.75, 3.05) is 13.7 Å². The molecule has 0 saturated heterocycles. The molecule has 0 fully saturated rings. The molecular weight excluding hydrogens is 238 g/mol. The lowest BCUT2D eigenvalue weighted by molar-refractivity contribution is 0.232. The molecule has 0 aliphatic carbocycles. The van der Waals surface area contributed by atoms with Gasteiger partial charge in [0, 0.05) is 6.07 Å². The Morgan fingerprint density at radius 3 is 2.68 bits per heavy atom. The summed E-state index contributed by atoms with van der Waals surface area (Å²) in [5.41, 5.74) is 0.561. The zero-order chi connectivity index (χ0) is 14.1. The highest BCUT2D eigenvalue weighted by molar-refractivity contribution is 5.47. The van der Waals surface area contributed by atoms with Crippen LogP contribution in [0.3, 0.4) is 0 Å². The van der Waals surface area contributed by atoms with Crippen LogP contribution < -0.4 is 9.47 Å². The molecule has 0 radical (unpaired) electrons. The molecule has 19 heavy (non-hydrogen) atoms. The average Bonchev–Trinajstić information content (AvgIpc) is 2.47. The van der Waals surface area contributed by atoms with Gasteiger partial charge in [-0.1, -0.05) is 33.1 Å². The van der Waals surface area contributed by atoms with Crippen LogP contribution in [0, 0.1) is 17.2 Å². The summed E-state index contributed by atoms with van der Waals surface area (Å²) in [7, 11) is 1.61. The molecule has 3 nitrogen and oxygen atoms in total. The molecule has 0 amide bonds. The summed E-state index contributed by atoms with van der Waals surface area (Å²) in [6, 6.07) is 7.45. The minimum atomic E-state index is 0.553. The molecule has 1 aromatic rings. The first-order valence-corrected chi connectivity index (χ1v) is 6.96. The van der Waals surface area contributed by atoms with Crippen molar-refractivity contribution in [3.8, 4) is 17.6 Å². The summed E-state index contributed by atoms with van der Waals surface area (Å²) >= 11 is 0. The lowest BCUT2D eigenvalue weighted by atomic mass is 10.0. The third-order valence-electron chi connectivity index (χ3n) is 3.33. The molecule has 0 saturated carbocycles. The Kier molecular flexibility index (Phi) is 6.81. The fourth-order valence-electron chi connectivity index (χ4n) is 1.95. The smallest absolute Gasteiger partial charge is 0.140 e. The van der Waals surface area contributed by atoms with Gasteiger partial charge in [-0.05, 0) is 24.5 Å². The van der Waals surface area contributed by atoms with Crippen molar-refractivity contribution in [1.29, 1.82) is 5.26 Å². The number of rotatable bonds is 8. The number of nitriles is 1. The first-order chi connectivity index (χ1) is 9.24. The van der Waals surface area contributed by atoms with E-state index in [0.29, 0.717) is 23.8 Å². The largest absolute Gasteiger partial charge is 0.497 e. The monoisotopic (exact) mass is 261 g/mol. The molecule has 3 heteroatoms. The van der Waals surface area contributed by atoms with Gasteiger partial charge in [0.15, 0.2) is 0 Å². The molecule has 0 spiro atoms. The summed E-state index contributed by atoms with van der Waals surface area (Å²) in [5, 5.41) is 9.08. The van der Waals surface area contributed by atoms with Gasteiger partial charge in [0.05, 0.1) is 19.3 Å². The topological polar surface area (TPSA) is 42.2 Å². The number of hydrogen-bond donors (Lipinski definition) is 0. The second-order valence-electron chi connectivity index (χ2n) is 4.70. The van der Waals surface area contributed by atoms with Crippen LogP contribution in [0.4, 0.5) is 0 Å². The van der Waals surface area contributed by atoms with E-state index in [2.05, 4.69) is 19.9 Å². The van der Waals surface area contributed by atoms with Crippen molar-refractivity contribution in [3.05, 3.63) is 23.8 Å². The van der Waals surface area contributed by atoms with Crippen LogP contribution in [0.1, 0.15) is 45.1 Å². The van der Waals surface area contributed by atoms with Gasteiger partial charge in [0.2, 0.25) is 0 Å². The fraction of sp³-hybridized carbons (Fsp3) is 0.562. The summed E-state index contributed by atoms with van der Waals surface area (Å²) in [6.45, 7) is 5.04. The van der Waals surface area contributed by atoms with E-state index in [4.69, 9.17) is 14.7 Å². The number of benzene rings is 1. The van der Waals surface area contributed by atoms with Crippen molar-refractivity contribution in [3.63, 3.8) is 0 Å². The van der Waals surface area contributed by atoms with Gasteiger partial charge in [0.25, 0.3) is 0 Å². The Morgan fingerprint density at radius 2 is 2.11 bits per heavy atom. The average molecular weight is 261 g/mol. The molecule has 1 unspecified atom stereocenters. The van der Waals surface area contributed by atoms with E-state index in [0.717, 1.165) is 12.2 Å². The molecule has 104 valence electrons. The lowest BCUT2D eigenvalue weighted by Crippen LogP contribution is -2.12. The molecule has 0 N–H and O–H groups in total. The van der Waals surface area contributed by atoms with Crippen LogP contribution in [0.15, 0.2) is 18.2 Å². The van der Waals surface area contributed by atoms with Crippen molar-refractivity contribution in [2.24, 2.45) is 5.92 Å². The van der Waals surface area contributed by atoms with Crippen LogP contribution in [0.2, 0.25) is 0 Å². The van der Waals surface area contributed by atoms with Gasteiger partial charge in [-0.25, -0.2) is 0 Å². The minimum Gasteiger partial charge on any atom is -0.497 e. The molecule has 0 heterocycles. The number of nitrogens with zero attached hydrogens (tertiary/aromatic N) is 1. The number of hydrogen-bond acceptors (Lipinski definition) is 3. The van der Waals surface area contributed by atoms with E-state index in [1.54, 1.807) is 25.3 Å². The van der Waals surface area contributed by atoms with Crippen molar-refractivity contribution in [1.82, 2.24) is 0 Å². The van der Waals surface area contributed by atoms with E-state index in [1.807, 2.05) is 0 Å². The maximum atomic E-state index is 9.08. The maximum absolute atomic E-state index is 9.08. The van der Waals surface area contributed by atoms with Crippen molar-refractivity contribution in [2.45, 2.75) is 39.5 Å². The Balaban J connectivity index is 2.67. The third-order valence-corrected chi connectivity index (χ3v) is 3.33. The van der Waals surface area contributed by atoms with Crippen LogP contribution in [-0.2, 0) is 0 Å². The van der Waals surface area contributed by atoms with Crippen LogP contribution in [0.5, 0.6) is 11.5 Å². The predicted molar refractivity (Wildman–Crippen MR) is 76.5 cm³/mol. The van der Waals surface area contributed by atoms with Gasteiger partial charge in [-0.2, -0.15) is 5.26 Å². The summed E-state index contributed by atoms with van der Waals surface area (Å²) in [4.78, 5) is 0. The van der Waals surface area contributed by atoms with Crippen LogP contribution >= 0.6 is 0 Å². The highest BCUT2D eigenvalue weighted by Crippen LogP contribution is 2.25. The lowest BCUT2D eigenvalue weighted by Gasteiger charge is -2.16. The molecule has 0 aliphatic rings. The number of unbranched alkanes of at least 4 members (excludes halogenated alkanes) is 1. The molecule has 0 bridgehead atoms. The zero-order valence-electron chi connectivity index (χ0n) is 12.1. The number of ether oxygens (including phenoxy) is 2. The van der Waals surface area contributed by atoms with Crippen LogP contribution in [-0.4, -0.2) is 13.7 Å². The molecule has 1 rings (SSSR count). The Morgan fingerprint density at radius 1 is 1.32 bits per heavy atom. The highest BCUT2D eigenvalue weighted by atomic mass is 16.5. The van der Waals surface area contributed by atoms with Gasteiger partial charge >= 0.3 is 0 Å². The number of methoxy groups -OCH3 is 1. The maximum Gasteiger partial charge on any atom is 0.140 e. The van der Waals surface area contributed by atoms with Gasteiger partial charge in [-0.15, -0.1) is 0 Å². The standard InChI is InChI=1S/C16H23NO2/c1-4-6-7-13(5-2)12-19-16-10-15(18-3)9-8-14(16)11-17/h8-10,13H,4-7,12H2,1-3H3. The fourth-order valence-corrected chi connectivity index (χ4v) is 1.95. The third kappa shape index (κ3) is 4.82. The van der Waals surface area contributed by atoms with Crippen LogP contribution in [0.25, 0.3) is 0 Å². The molecular formula is C16H23NO2. The van der Waals surface area contributed by atoms with E-state index in [-0.39, 0.29) is 0 Å². The van der Waals surface area contributed by atoms with Crippen molar-refractivity contribution >= 4 is 0 Å². The first-order valence-electron chi connectivity index (χ1n) is 6.96. The van der Waals surface area contributed by atoms with E-state index < -0.39 is 0 Å². The second kappa shape index (κ2) is 8.42. The molecule has 0 aliphatic heterocycles. The summed E-state index contributed by atoms with van der Waals surface area (Å²) in [5.74, 6) is 1.89. The Labute approximate surface area is 116 Å².